The minimum absolute atomic E-state index is 0.441. The molecule has 1 aliphatic carbocycles. The molecule has 92 valence electrons. The van der Waals surface area contributed by atoms with Gasteiger partial charge in [0.2, 0.25) is 0 Å². The Morgan fingerprint density at radius 3 is 2.94 bits per heavy atom. The Balaban J connectivity index is 1.45. The van der Waals surface area contributed by atoms with Crippen LogP contribution < -0.4 is 5.32 Å². The van der Waals surface area contributed by atoms with Gasteiger partial charge in [-0.25, -0.2) is 0 Å². The second-order valence-electron chi connectivity index (χ2n) is 5.38. The fraction of sp³-hybridized carbons (Fsp3) is 0.600. The van der Waals surface area contributed by atoms with Crippen LogP contribution in [-0.4, -0.2) is 25.8 Å². The van der Waals surface area contributed by atoms with E-state index in [0.29, 0.717) is 12.0 Å². The summed E-state index contributed by atoms with van der Waals surface area (Å²) in [5.41, 5.74) is 3.09. The van der Waals surface area contributed by atoms with Gasteiger partial charge < -0.3 is 10.1 Å². The van der Waals surface area contributed by atoms with Crippen LogP contribution in [0.4, 0.5) is 0 Å². The van der Waals surface area contributed by atoms with Crippen LogP contribution in [0.15, 0.2) is 24.3 Å². The van der Waals surface area contributed by atoms with E-state index in [1.165, 1.54) is 18.4 Å². The number of hydrogen-bond donors (Lipinski definition) is 1. The van der Waals surface area contributed by atoms with E-state index in [1.807, 2.05) is 0 Å². The van der Waals surface area contributed by atoms with Gasteiger partial charge in [0.05, 0.1) is 6.10 Å². The zero-order chi connectivity index (χ0) is 11.7. The molecule has 3 rings (SSSR count). The van der Waals surface area contributed by atoms with Gasteiger partial charge in [-0.05, 0) is 36.8 Å². The molecule has 1 aromatic carbocycles. The molecular formula is C15H21NO. The van der Waals surface area contributed by atoms with Gasteiger partial charge in [-0.2, -0.15) is 0 Å². The largest absolute Gasteiger partial charge is 0.378 e. The third kappa shape index (κ3) is 2.24. The highest BCUT2D eigenvalue weighted by molar-refractivity contribution is 5.40. The van der Waals surface area contributed by atoms with Gasteiger partial charge >= 0.3 is 0 Å². The highest BCUT2D eigenvalue weighted by atomic mass is 16.5. The summed E-state index contributed by atoms with van der Waals surface area (Å²) in [5.74, 6) is 1.45. The zero-order valence-electron chi connectivity index (χ0n) is 10.5. The molecule has 1 fully saturated rings. The maximum atomic E-state index is 5.58. The number of fused-ring (bicyclic) bond motifs is 1. The van der Waals surface area contributed by atoms with Gasteiger partial charge in [-0.15, -0.1) is 0 Å². The van der Waals surface area contributed by atoms with Crippen molar-refractivity contribution in [2.24, 2.45) is 5.92 Å². The van der Waals surface area contributed by atoms with Crippen LogP contribution in [0.3, 0.4) is 0 Å². The molecule has 3 unspecified atom stereocenters. The molecule has 0 aromatic heterocycles. The molecule has 0 amide bonds. The molecule has 0 bridgehead atoms. The van der Waals surface area contributed by atoms with Crippen molar-refractivity contribution in [1.82, 2.24) is 5.32 Å². The second kappa shape index (κ2) is 4.79. The van der Waals surface area contributed by atoms with Gasteiger partial charge in [-0.3, -0.25) is 0 Å². The van der Waals surface area contributed by atoms with E-state index in [9.17, 15) is 0 Å². The lowest BCUT2D eigenvalue weighted by molar-refractivity contribution is 0.105. The van der Waals surface area contributed by atoms with Crippen molar-refractivity contribution >= 4 is 0 Å². The zero-order valence-corrected chi connectivity index (χ0v) is 10.5. The Bertz CT molecular complexity index is 390. The fourth-order valence-corrected chi connectivity index (χ4v) is 3.03. The molecule has 0 spiro atoms. The summed E-state index contributed by atoms with van der Waals surface area (Å²) in [6.45, 7) is 5.37. The van der Waals surface area contributed by atoms with Crippen LogP contribution in [-0.2, 0) is 11.2 Å². The van der Waals surface area contributed by atoms with Crippen LogP contribution in [0.25, 0.3) is 0 Å². The average Bonchev–Trinajstić information content (AvgIpc) is 2.71. The highest BCUT2D eigenvalue weighted by Crippen LogP contribution is 2.34. The van der Waals surface area contributed by atoms with E-state index in [0.717, 1.165) is 25.6 Å². The molecule has 17 heavy (non-hydrogen) atoms. The first kappa shape index (κ1) is 11.2. The summed E-state index contributed by atoms with van der Waals surface area (Å²) in [6, 6.07) is 8.81. The minimum atomic E-state index is 0.441. The van der Waals surface area contributed by atoms with Crippen molar-refractivity contribution in [2.45, 2.75) is 31.8 Å². The Morgan fingerprint density at radius 2 is 2.18 bits per heavy atom. The van der Waals surface area contributed by atoms with E-state index in [-0.39, 0.29) is 0 Å². The third-order valence-electron chi connectivity index (χ3n) is 4.29. The maximum absolute atomic E-state index is 5.58. The summed E-state index contributed by atoms with van der Waals surface area (Å²) >= 11 is 0. The average molecular weight is 231 g/mol. The molecule has 0 saturated carbocycles. The van der Waals surface area contributed by atoms with Crippen LogP contribution >= 0.6 is 0 Å². The van der Waals surface area contributed by atoms with E-state index >= 15 is 0 Å². The van der Waals surface area contributed by atoms with Crippen molar-refractivity contribution in [2.75, 3.05) is 19.7 Å². The molecule has 0 radical (unpaired) electrons. The summed E-state index contributed by atoms with van der Waals surface area (Å²) in [5, 5.41) is 3.62. The first-order valence-corrected chi connectivity index (χ1v) is 6.74. The summed E-state index contributed by atoms with van der Waals surface area (Å²) in [6.07, 6.45) is 2.91. The van der Waals surface area contributed by atoms with Crippen molar-refractivity contribution in [3.8, 4) is 0 Å². The van der Waals surface area contributed by atoms with E-state index in [2.05, 4.69) is 36.5 Å². The van der Waals surface area contributed by atoms with E-state index in [4.69, 9.17) is 4.74 Å². The lowest BCUT2D eigenvalue weighted by Crippen LogP contribution is -2.33. The first-order chi connectivity index (χ1) is 8.34. The Labute approximate surface area is 103 Å². The topological polar surface area (TPSA) is 21.3 Å². The summed E-state index contributed by atoms with van der Waals surface area (Å²) < 4.78 is 5.58. The van der Waals surface area contributed by atoms with Crippen molar-refractivity contribution < 1.29 is 4.74 Å². The van der Waals surface area contributed by atoms with E-state index < -0.39 is 0 Å². The SMILES string of the molecule is CC1OCCC1CNCC1Cc2ccccc21. The van der Waals surface area contributed by atoms with Crippen molar-refractivity contribution in [1.29, 1.82) is 0 Å². The number of benzene rings is 1. The van der Waals surface area contributed by atoms with Crippen LogP contribution in [0, 0.1) is 5.92 Å². The summed E-state index contributed by atoms with van der Waals surface area (Å²) in [4.78, 5) is 0. The standard InChI is InChI=1S/C15H21NO/c1-11-13(6-7-17-11)9-16-10-14-8-12-4-2-3-5-15(12)14/h2-5,11,13-14,16H,6-10H2,1H3. The molecule has 1 aliphatic heterocycles. The van der Waals surface area contributed by atoms with Gasteiger partial charge in [0.1, 0.15) is 0 Å². The van der Waals surface area contributed by atoms with Crippen LogP contribution in [0.5, 0.6) is 0 Å². The third-order valence-corrected chi connectivity index (χ3v) is 4.29. The monoisotopic (exact) mass is 231 g/mol. The Hall–Kier alpha value is -0.860. The van der Waals surface area contributed by atoms with Gasteiger partial charge in [0, 0.05) is 25.6 Å². The van der Waals surface area contributed by atoms with Crippen molar-refractivity contribution in [3.63, 3.8) is 0 Å². The molecule has 2 nitrogen and oxygen atoms in total. The van der Waals surface area contributed by atoms with Gasteiger partial charge in [0.15, 0.2) is 0 Å². The molecular weight excluding hydrogens is 210 g/mol. The molecule has 2 heteroatoms. The number of rotatable bonds is 4. The van der Waals surface area contributed by atoms with Crippen molar-refractivity contribution in [3.05, 3.63) is 35.4 Å². The molecule has 1 aromatic rings. The molecule has 1 N–H and O–H groups in total. The predicted octanol–water partition coefficient (Wildman–Crippen LogP) is 2.34. The normalized spacial score (nSPS) is 31.0. The lowest BCUT2D eigenvalue weighted by Gasteiger charge is -2.30. The number of hydrogen-bond acceptors (Lipinski definition) is 2. The molecule has 1 saturated heterocycles. The second-order valence-corrected chi connectivity index (χ2v) is 5.38. The minimum Gasteiger partial charge on any atom is -0.378 e. The summed E-state index contributed by atoms with van der Waals surface area (Å²) in [7, 11) is 0. The Morgan fingerprint density at radius 1 is 1.29 bits per heavy atom. The first-order valence-electron chi connectivity index (χ1n) is 6.74. The number of ether oxygens (including phenoxy) is 1. The molecule has 2 aliphatic rings. The maximum Gasteiger partial charge on any atom is 0.0588 e. The van der Waals surface area contributed by atoms with Gasteiger partial charge in [-0.1, -0.05) is 24.3 Å². The van der Waals surface area contributed by atoms with Crippen LogP contribution in [0.2, 0.25) is 0 Å². The fourth-order valence-electron chi connectivity index (χ4n) is 3.03. The molecule has 1 heterocycles. The predicted molar refractivity (Wildman–Crippen MR) is 69.3 cm³/mol. The quantitative estimate of drug-likeness (QED) is 0.859. The van der Waals surface area contributed by atoms with Gasteiger partial charge in [0.25, 0.3) is 0 Å². The Kier molecular flexibility index (Phi) is 3.17. The molecule has 3 atom stereocenters. The van der Waals surface area contributed by atoms with E-state index in [1.54, 1.807) is 5.56 Å². The van der Waals surface area contributed by atoms with Crippen LogP contribution in [0.1, 0.15) is 30.4 Å². The highest BCUT2D eigenvalue weighted by Gasteiger charge is 2.27. The lowest BCUT2D eigenvalue weighted by atomic mass is 9.77. The number of nitrogens with one attached hydrogen (secondary N) is 1. The smallest absolute Gasteiger partial charge is 0.0588 e.